The smallest absolute Gasteiger partial charge is 0.245 e. The maximum absolute atomic E-state index is 14.3. The molecule has 4 aromatic rings. The van der Waals surface area contributed by atoms with E-state index in [1.54, 1.807) is 7.05 Å². The average Bonchev–Trinajstić information content (AvgIpc) is 3.47. The molecule has 9 heteroatoms. The minimum atomic E-state index is -0.820. The summed E-state index contributed by atoms with van der Waals surface area (Å²) >= 11 is 0. The second kappa shape index (κ2) is 15.0. The first-order chi connectivity index (χ1) is 21.4. The molecule has 0 saturated carbocycles. The van der Waals surface area contributed by atoms with Gasteiger partial charge in [0.05, 0.1) is 0 Å². The minimum absolute atomic E-state index is 0.113. The van der Waals surface area contributed by atoms with Gasteiger partial charge >= 0.3 is 0 Å². The molecule has 9 nitrogen and oxygen atoms in total. The Labute approximate surface area is 258 Å². The Morgan fingerprint density at radius 1 is 0.955 bits per heavy atom. The Hall–Kier alpha value is -4.21. The van der Waals surface area contributed by atoms with E-state index in [9.17, 15) is 14.4 Å². The minimum Gasteiger partial charge on any atom is -0.361 e. The van der Waals surface area contributed by atoms with Crippen molar-refractivity contribution in [2.24, 2.45) is 11.7 Å². The molecule has 0 radical (unpaired) electrons. The number of nitrogens with zero attached hydrogens (tertiary/aromatic N) is 1. The molecule has 3 aromatic carbocycles. The normalized spacial score (nSPS) is 15.1. The van der Waals surface area contributed by atoms with Crippen molar-refractivity contribution < 1.29 is 14.4 Å². The lowest BCUT2D eigenvalue weighted by molar-refractivity contribution is -0.142. The van der Waals surface area contributed by atoms with Crippen LogP contribution in [-0.2, 0) is 27.2 Å². The number of piperidine rings is 1. The molecule has 1 aliphatic rings. The summed E-state index contributed by atoms with van der Waals surface area (Å²) < 4.78 is 0. The van der Waals surface area contributed by atoms with Gasteiger partial charge in [-0.05, 0) is 73.3 Å². The molecule has 1 fully saturated rings. The van der Waals surface area contributed by atoms with Gasteiger partial charge in [-0.2, -0.15) is 0 Å². The predicted octanol–water partition coefficient (Wildman–Crippen LogP) is 3.27. The molecule has 0 spiro atoms. The second-order valence-corrected chi connectivity index (χ2v) is 11.8. The van der Waals surface area contributed by atoms with Crippen molar-refractivity contribution in [3.8, 4) is 0 Å². The second-order valence-electron chi connectivity index (χ2n) is 11.8. The predicted molar refractivity (Wildman–Crippen MR) is 175 cm³/mol. The van der Waals surface area contributed by atoms with E-state index in [1.165, 1.54) is 4.90 Å². The Kier molecular flexibility index (Phi) is 10.6. The van der Waals surface area contributed by atoms with E-state index >= 15 is 0 Å². The van der Waals surface area contributed by atoms with Crippen LogP contribution < -0.4 is 21.7 Å². The third-order valence-corrected chi connectivity index (χ3v) is 8.71. The number of carbonyl (C=O) groups is 3. The molecule has 44 heavy (non-hydrogen) atoms. The fraction of sp³-hybridized carbons (Fsp3) is 0.400. The van der Waals surface area contributed by atoms with Crippen molar-refractivity contribution in [2.45, 2.75) is 50.6 Å². The number of likely N-dealkylation sites (N-methyl/N-ethyl adjacent to an activating group) is 1. The third kappa shape index (κ3) is 7.65. The lowest BCUT2D eigenvalue weighted by Crippen LogP contribution is -2.56. The number of aromatic amines is 1. The van der Waals surface area contributed by atoms with E-state index in [1.807, 2.05) is 60.8 Å². The summed E-state index contributed by atoms with van der Waals surface area (Å²) in [6.45, 7) is 2.59. The van der Waals surface area contributed by atoms with Crippen molar-refractivity contribution in [3.63, 3.8) is 0 Å². The van der Waals surface area contributed by atoms with Gasteiger partial charge in [0.1, 0.15) is 12.1 Å². The van der Waals surface area contributed by atoms with Crippen LogP contribution in [0, 0.1) is 5.92 Å². The van der Waals surface area contributed by atoms with Gasteiger partial charge in [-0.1, -0.05) is 60.7 Å². The number of unbranched alkanes of at least 4 members (excludes halogenated alkanes) is 1. The Morgan fingerprint density at radius 2 is 1.70 bits per heavy atom. The molecule has 5 rings (SSSR count). The van der Waals surface area contributed by atoms with Crippen LogP contribution in [0.3, 0.4) is 0 Å². The molecule has 0 unspecified atom stereocenters. The molecule has 1 saturated heterocycles. The highest BCUT2D eigenvalue weighted by Gasteiger charge is 2.34. The number of fused-ring (bicyclic) bond motifs is 2. The maximum Gasteiger partial charge on any atom is 0.245 e. The number of amides is 3. The van der Waals surface area contributed by atoms with E-state index in [0.29, 0.717) is 25.9 Å². The number of nitrogens with one attached hydrogen (secondary N) is 4. The van der Waals surface area contributed by atoms with Gasteiger partial charge < -0.3 is 31.6 Å². The molecular formula is C35H44N6O3. The summed E-state index contributed by atoms with van der Waals surface area (Å²) in [5.74, 6) is -0.778. The number of nitrogens with two attached hydrogens (primary N) is 1. The topological polar surface area (TPSA) is 132 Å². The van der Waals surface area contributed by atoms with Gasteiger partial charge in [0.2, 0.25) is 17.7 Å². The number of rotatable bonds is 13. The van der Waals surface area contributed by atoms with Crippen LogP contribution >= 0.6 is 0 Å². The monoisotopic (exact) mass is 596 g/mol. The van der Waals surface area contributed by atoms with Crippen LogP contribution in [0.15, 0.2) is 72.9 Å². The highest BCUT2D eigenvalue weighted by atomic mass is 16.2. The highest BCUT2D eigenvalue weighted by molar-refractivity contribution is 5.93. The lowest BCUT2D eigenvalue weighted by atomic mass is 9.95. The Balaban J connectivity index is 1.41. The number of H-pyrrole nitrogens is 1. The molecule has 1 aromatic heterocycles. The maximum atomic E-state index is 14.3. The number of hydrogen-bond acceptors (Lipinski definition) is 5. The molecule has 6 N–H and O–H groups in total. The first kappa shape index (κ1) is 31.2. The third-order valence-electron chi connectivity index (χ3n) is 8.71. The van der Waals surface area contributed by atoms with Crippen molar-refractivity contribution in [2.75, 3.05) is 33.2 Å². The van der Waals surface area contributed by atoms with Gasteiger partial charge in [-0.15, -0.1) is 0 Å². The molecule has 3 amide bonds. The summed E-state index contributed by atoms with van der Waals surface area (Å²) in [4.78, 5) is 46.3. The molecular weight excluding hydrogens is 552 g/mol. The number of carbonyl (C=O) groups excluding carboxylic acids is 3. The summed E-state index contributed by atoms with van der Waals surface area (Å²) in [6, 6.07) is 20.5. The largest absolute Gasteiger partial charge is 0.361 e. The fourth-order valence-corrected chi connectivity index (χ4v) is 6.09. The molecule has 2 heterocycles. The highest BCUT2D eigenvalue weighted by Crippen LogP contribution is 2.22. The van der Waals surface area contributed by atoms with Gasteiger partial charge in [-0.3, -0.25) is 14.4 Å². The first-order valence-electron chi connectivity index (χ1n) is 15.7. The Morgan fingerprint density at radius 3 is 2.50 bits per heavy atom. The summed E-state index contributed by atoms with van der Waals surface area (Å²) in [6.07, 6.45) is 5.58. The zero-order valence-electron chi connectivity index (χ0n) is 25.5. The summed E-state index contributed by atoms with van der Waals surface area (Å²) in [5.41, 5.74) is 8.52. The fourth-order valence-electron chi connectivity index (χ4n) is 6.09. The van der Waals surface area contributed by atoms with Crippen LogP contribution in [0.4, 0.5) is 0 Å². The van der Waals surface area contributed by atoms with Gasteiger partial charge in [0.15, 0.2) is 0 Å². The van der Waals surface area contributed by atoms with Crippen molar-refractivity contribution >= 4 is 39.4 Å². The molecule has 1 aliphatic heterocycles. The molecule has 2 atom stereocenters. The standard InChI is InChI=1S/C35H44N6O3/c1-41(32(34(43)38-17-7-6-16-36)22-28-23-39-30-11-5-4-10-29(28)30)35(44)31(40-33(42)26-14-18-37-19-15-26)21-24-12-13-25-8-2-3-9-27(25)20-24/h2-5,8-13,20,23,26,31-32,37,39H,6-7,14-19,21-22,36H2,1H3,(H,38,43)(H,40,42)/t31-,32-/m1/s1. The van der Waals surface area contributed by atoms with Crippen molar-refractivity contribution in [1.82, 2.24) is 25.8 Å². The average molecular weight is 597 g/mol. The lowest BCUT2D eigenvalue weighted by Gasteiger charge is -2.32. The zero-order chi connectivity index (χ0) is 30.9. The Bertz CT molecular complexity index is 1580. The van der Waals surface area contributed by atoms with Crippen LogP contribution in [-0.4, -0.2) is 72.9 Å². The SMILES string of the molecule is CN(C(=O)[C@@H](Cc1ccc2ccccc2c1)NC(=O)C1CCNCC1)[C@H](Cc1c[nH]c2ccccc12)C(=O)NCCCCN. The number of hydrogen-bond donors (Lipinski definition) is 5. The first-order valence-corrected chi connectivity index (χ1v) is 15.7. The van der Waals surface area contributed by atoms with Crippen LogP contribution in [0.25, 0.3) is 21.7 Å². The molecule has 0 bridgehead atoms. The number of para-hydroxylation sites is 1. The van der Waals surface area contributed by atoms with Gasteiger partial charge in [0.25, 0.3) is 0 Å². The van der Waals surface area contributed by atoms with Gasteiger partial charge in [0, 0.05) is 49.5 Å². The van der Waals surface area contributed by atoms with Crippen LogP contribution in [0.2, 0.25) is 0 Å². The van der Waals surface area contributed by atoms with Crippen molar-refractivity contribution in [1.29, 1.82) is 0 Å². The van der Waals surface area contributed by atoms with E-state index in [4.69, 9.17) is 5.73 Å². The van der Waals surface area contributed by atoms with Crippen LogP contribution in [0.5, 0.6) is 0 Å². The summed E-state index contributed by atoms with van der Waals surface area (Å²) in [7, 11) is 1.67. The van der Waals surface area contributed by atoms with E-state index in [2.05, 4.69) is 33.1 Å². The van der Waals surface area contributed by atoms with Gasteiger partial charge in [-0.25, -0.2) is 0 Å². The van der Waals surface area contributed by atoms with E-state index < -0.39 is 12.1 Å². The summed E-state index contributed by atoms with van der Waals surface area (Å²) in [5, 5.41) is 12.6. The zero-order valence-corrected chi connectivity index (χ0v) is 25.5. The van der Waals surface area contributed by atoms with Crippen LogP contribution in [0.1, 0.15) is 36.8 Å². The quantitative estimate of drug-likeness (QED) is 0.151. The molecule has 232 valence electrons. The number of aromatic nitrogens is 1. The van der Waals surface area contributed by atoms with Crippen molar-refractivity contribution in [3.05, 3.63) is 84.1 Å². The number of benzene rings is 3. The van der Waals surface area contributed by atoms with E-state index in [-0.39, 0.29) is 23.6 Å². The van der Waals surface area contributed by atoms with E-state index in [0.717, 1.165) is 71.6 Å². The molecule has 0 aliphatic carbocycles.